The van der Waals surface area contributed by atoms with E-state index >= 15 is 0 Å². The van der Waals surface area contributed by atoms with Crippen LogP contribution in [0.25, 0.3) is 0 Å². The molecule has 3 nitrogen and oxygen atoms in total. The lowest BCUT2D eigenvalue weighted by molar-refractivity contribution is -0.193. The fourth-order valence-corrected chi connectivity index (χ4v) is 1.78. The first kappa shape index (κ1) is 16.5. The van der Waals surface area contributed by atoms with E-state index in [0.717, 1.165) is 10.5 Å². The van der Waals surface area contributed by atoms with E-state index in [1.54, 1.807) is 0 Å². The fourth-order valence-electron chi connectivity index (χ4n) is 1.78. The SMILES string of the molecule is CN(CCCc1ccccc1)C(=O)C(C)(N)C(F)(F)F. The minimum Gasteiger partial charge on any atom is -0.344 e. The van der Waals surface area contributed by atoms with Crippen LogP contribution in [-0.4, -0.2) is 36.1 Å². The van der Waals surface area contributed by atoms with Crippen molar-refractivity contribution >= 4 is 5.91 Å². The molecule has 1 aromatic carbocycles. The summed E-state index contributed by atoms with van der Waals surface area (Å²) in [4.78, 5) is 12.8. The third-order valence-electron chi connectivity index (χ3n) is 3.18. The molecule has 1 rings (SSSR count). The molecule has 0 aliphatic heterocycles. The molecule has 0 bridgehead atoms. The average Bonchev–Trinajstić information content (AvgIpc) is 2.37. The summed E-state index contributed by atoms with van der Waals surface area (Å²) in [5.41, 5.74) is 3.35. The van der Waals surface area contributed by atoms with Crippen molar-refractivity contribution in [2.45, 2.75) is 31.5 Å². The van der Waals surface area contributed by atoms with Crippen molar-refractivity contribution < 1.29 is 18.0 Å². The highest BCUT2D eigenvalue weighted by molar-refractivity contribution is 5.86. The summed E-state index contributed by atoms with van der Waals surface area (Å²) in [6.45, 7) is 0.930. The molecule has 0 aliphatic rings. The maximum absolute atomic E-state index is 12.7. The second kappa shape index (κ2) is 6.26. The summed E-state index contributed by atoms with van der Waals surface area (Å²) < 4.78 is 38.0. The normalized spacial score (nSPS) is 14.7. The second-order valence-electron chi connectivity index (χ2n) is 5.02. The highest BCUT2D eigenvalue weighted by atomic mass is 19.4. The molecule has 1 amide bonds. The number of likely N-dealkylation sites (N-methyl/N-ethyl adjacent to an activating group) is 1. The van der Waals surface area contributed by atoms with Gasteiger partial charge in [-0.15, -0.1) is 0 Å². The Balaban J connectivity index is 2.51. The summed E-state index contributed by atoms with van der Waals surface area (Å²) in [7, 11) is 1.34. The number of hydrogen-bond acceptors (Lipinski definition) is 2. The minimum atomic E-state index is -4.75. The number of carbonyl (C=O) groups excluding carboxylic acids is 1. The largest absolute Gasteiger partial charge is 0.415 e. The van der Waals surface area contributed by atoms with Gasteiger partial charge in [-0.25, -0.2) is 0 Å². The van der Waals surface area contributed by atoms with Crippen LogP contribution < -0.4 is 5.73 Å². The van der Waals surface area contributed by atoms with E-state index in [9.17, 15) is 18.0 Å². The molecule has 6 heteroatoms. The van der Waals surface area contributed by atoms with Crippen LogP contribution in [-0.2, 0) is 11.2 Å². The number of rotatable bonds is 5. The third-order valence-corrected chi connectivity index (χ3v) is 3.18. The molecular weight excluding hydrogens is 269 g/mol. The van der Waals surface area contributed by atoms with E-state index in [1.807, 2.05) is 30.3 Å². The number of nitrogens with zero attached hydrogens (tertiary/aromatic N) is 1. The second-order valence-corrected chi connectivity index (χ2v) is 5.02. The summed E-state index contributed by atoms with van der Waals surface area (Å²) in [5, 5.41) is 0. The molecule has 0 spiro atoms. The van der Waals surface area contributed by atoms with Gasteiger partial charge in [0.1, 0.15) is 0 Å². The molecule has 0 heterocycles. The van der Waals surface area contributed by atoms with E-state index < -0.39 is 17.6 Å². The van der Waals surface area contributed by atoms with E-state index in [-0.39, 0.29) is 6.54 Å². The Morgan fingerprint density at radius 2 is 1.80 bits per heavy atom. The van der Waals surface area contributed by atoms with E-state index in [0.29, 0.717) is 19.8 Å². The van der Waals surface area contributed by atoms with Crippen LogP contribution in [0.5, 0.6) is 0 Å². The predicted molar refractivity (Wildman–Crippen MR) is 71.0 cm³/mol. The zero-order valence-corrected chi connectivity index (χ0v) is 11.6. The van der Waals surface area contributed by atoms with Gasteiger partial charge >= 0.3 is 6.18 Å². The third kappa shape index (κ3) is 3.96. The first-order valence-corrected chi connectivity index (χ1v) is 6.31. The Bertz CT molecular complexity index is 443. The van der Waals surface area contributed by atoms with Crippen molar-refractivity contribution in [1.82, 2.24) is 4.90 Å². The molecule has 0 fully saturated rings. The lowest BCUT2D eigenvalue weighted by atomic mass is 10.0. The Hall–Kier alpha value is -1.56. The van der Waals surface area contributed by atoms with Gasteiger partial charge < -0.3 is 10.6 Å². The van der Waals surface area contributed by atoms with Crippen LogP contribution in [0.4, 0.5) is 13.2 Å². The summed E-state index contributed by atoms with van der Waals surface area (Å²) in [6, 6.07) is 9.55. The van der Waals surface area contributed by atoms with Gasteiger partial charge in [-0.1, -0.05) is 30.3 Å². The number of aryl methyl sites for hydroxylation is 1. The van der Waals surface area contributed by atoms with Crippen LogP contribution >= 0.6 is 0 Å². The van der Waals surface area contributed by atoms with Gasteiger partial charge in [0, 0.05) is 13.6 Å². The molecule has 0 radical (unpaired) electrons. The van der Waals surface area contributed by atoms with Crippen molar-refractivity contribution in [3.05, 3.63) is 35.9 Å². The van der Waals surface area contributed by atoms with Crippen molar-refractivity contribution in [1.29, 1.82) is 0 Å². The number of carbonyl (C=O) groups is 1. The van der Waals surface area contributed by atoms with E-state index in [4.69, 9.17) is 5.73 Å². The number of halogens is 3. The smallest absolute Gasteiger partial charge is 0.344 e. The van der Waals surface area contributed by atoms with Crippen LogP contribution in [0.3, 0.4) is 0 Å². The molecule has 0 saturated carbocycles. The maximum atomic E-state index is 12.7. The molecule has 0 aromatic heterocycles. The number of benzene rings is 1. The molecule has 1 unspecified atom stereocenters. The quantitative estimate of drug-likeness (QED) is 0.904. The summed E-state index contributed by atoms with van der Waals surface area (Å²) >= 11 is 0. The molecule has 0 saturated heterocycles. The van der Waals surface area contributed by atoms with Gasteiger partial charge in [0.2, 0.25) is 0 Å². The molecular formula is C14H19F3N2O. The first-order chi connectivity index (χ1) is 9.16. The number of hydrogen-bond donors (Lipinski definition) is 1. The van der Waals surface area contributed by atoms with Crippen molar-refractivity contribution in [3.8, 4) is 0 Å². The van der Waals surface area contributed by atoms with Crippen LogP contribution in [0.2, 0.25) is 0 Å². The topological polar surface area (TPSA) is 46.3 Å². The van der Waals surface area contributed by atoms with Crippen LogP contribution in [0, 0.1) is 0 Å². The van der Waals surface area contributed by atoms with Gasteiger partial charge in [0.05, 0.1) is 0 Å². The Labute approximate surface area is 116 Å². The zero-order chi connectivity index (χ0) is 15.4. The number of nitrogens with two attached hydrogens (primary N) is 1. The van der Waals surface area contributed by atoms with Gasteiger partial charge in [-0.3, -0.25) is 4.79 Å². The van der Waals surface area contributed by atoms with Crippen molar-refractivity contribution in [2.24, 2.45) is 5.73 Å². The predicted octanol–water partition coefficient (Wildman–Crippen LogP) is 2.36. The highest BCUT2D eigenvalue weighted by Crippen LogP contribution is 2.29. The molecule has 0 aliphatic carbocycles. The standard InChI is InChI=1S/C14H19F3N2O/c1-13(18,14(15,16)17)12(20)19(2)10-6-9-11-7-4-3-5-8-11/h3-5,7-8H,6,9-10,18H2,1-2H3. The van der Waals surface area contributed by atoms with Gasteiger partial charge in [-0.2, -0.15) is 13.2 Å². The summed E-state index contributed by atoms with van der Waals surface area (Å²) in [6.07, 6.45) is -3.47. The lowest BCUT2D eigenvalue weighted by Crippen LogP contribution is -2.61. The van der Waals surface area contributed by atoms with Crippen LogP contribution in [0.1, 0.15) is 18.9 Å². The highest BCUT2D eigenvalue weighted by Gasteiger charge is 2.54. The van der Waals surface area contributed by atoms with E-state index in [2.05, 4.69) is 0 Å². The fraction of sp³-hybridized carbons (Fsp3) is 0.500. The Morgan fingerprint density at radius 3 is 2.30 bits per heavy atom. The Morgan fingerprint density at radius 1 is 1.25 bits per heavy atom. The van der Waals surface area contributed by atoms with Crippen LogP contribution in [0.15, 0.2) is 30.3 Å². The zero-order valence-electron chi connectivity index (χ0n) is 11.6. The van der Waals surface area contributed by atoms with E-state index in [1.165, 1.54) is 7.05 Å². The molecule has 2 N–H and O–H groups in total. The number of alkyl halides is 3. The summed E-state index contributed by atoms with van der Waals surface area (Å²) in [5.74, 6) is -1.11. The van der Waals surface area contributed by atoms with Crippen molar-refractivity contribution in [2.75, 3.05) is 13.6 Å². The van der Waals surface area contributed by atoms with Gasteiger partial charge in [-0.05, 0) is 25.3 Å². The molecule has 20 heavy (non-hydrogen) atoms. The Kier molecular flexibility index (Phi) is 5.16. The number of amides is 1. The monoisotopic (exact) mass is 288 g/mol. The maximum Gasteiger partial charge on any atom is 0.415 e. The van der Waals surface area contributed by atoms with Crippen molar-refractivity contribution in [3.63, 3.8) is 0 Å². The molecule has 112 valence electrons. The van der Waals surface area contributed by atoms with Gasteiger partial charge in [0.15, 0.2) is 5.54 Å². The lowest BCUT2D eigenvalue weighted by Gasteiger charge is -2.30. The molecule has 1 aromatic rings. The first-order valence-electron chi connectivity index (χ1n) is 6.31. The van der Waals surface area contributed by atoms with Gasteiger partial charge in [0.25, 0.3) is 5.91 Å². The molecule has 1 atom stereocenters. The minimum absolute atomic E-state index is 0.233. The average molecular weight is 288 g/mol.